The molecule has 0 fully saturated rings. The lowest BCUT2D eigenvalue weighted by atomic mass is 10.1. The van der Waals surface area contributed by atoms with Gasteiger partial charge in [0.1, 0.15) is 0 Å². The summed E-state index contributed by atoms with van der Waals surface area (Å²) in [5.41, 5.74) is 10.0. The summed E-state index contributed by atoms with van der Waals surface area (Å²) >= 11 is 0. The second kappa shape index (κ2) is 7.91. The van der Waals surface area contributed by atoms with E-state index in [1.54, 1.807) is 6.21 Å². The molecule has 0 saturated carbocycles. The third-order valence-corrected chi connectivity index (χ3v) is 4.62. The fourth-order valence-corrected chi connectivity index (χ4v) is 3.02. The second-order valence-electron chi connectivity index (χ2n) is 6.62. The molecule has 3 aromatic rings. The van der Waals surface area contributed by atoms with Crippen LogP contribution in [0.2, 0.25) is 0 Å². The molecule has 0 aliphatic carbocycles. The number of hydrogen-bond acceptors (Lipinski definition) is 2. The number of carbonyl (C=O) groups excluding carboxylic acids is 1. The molecule has 5 nitrogen and oxygen atoms in total. The zero-order valence-corrected chi connectivity index (χ0v) is 16.1. The van der Waals surface area contributed by atoms with E-state index >= 15 is 0 Å². The highest BCUT2D eigenvalue weighted by Crippen LogP contribution is 2.21. The molecule has 5 heteroatoms. The molecule has 1 heterocycles. The molecule has 2 aromatic carbocycles. The summed E-state index contributed by atoms with van der Waals surface area (Å²) in [4.78, 5) is 11.9. The first-order valence-corrected chi connectivity index (χ1v) is 8.87. The minimum absolute atomic E-state index is 0.375. The Hall–Kier alpha value is -3.34. The molecular formula is C22H24N4O. The van der Waals surface area contributed by atoms with E-state index in [1.807, 2.05) is 37.3 Å². The minimum atomic E-state index is -0.375. The normalized spacial score (nSPS) is 11.0. The maximum atomic E-state index is 11.9. The molecular weight excluding hydrogens is 336 g/mol. The molecule has 0 bridgehead atoms. The van der Waals surface area contributed by atoms with Crippen LogP contribution in [0.4, 0.5) is 10.5 Å². The molecule has 1 aromatic heterocycles. The molecule has 0 aliphatic heterocycles. The summed E-state index contributed by atoms with van der Waals surface area (Å²) in [6, 6.07) is 17.4. The van der Waals surface area contributed by atoms with Gasteiger partial charge in [0.25, 0.3) is 0 Å². The zero-order valence-electron chi connectivity index (χ0n) is 16.1. The van der Waals surface area contributed by atoms with Gasteiger partial charge in [-0.25, -0.2) is 10.2 Å². The van der Waals surface area contributed by atoms with Gasteiger partial charge in [0.05, 0.1) is 6.21 Å². The van der Waals surface area contributed by atoms with Crippen LogP contribution in [0.15, 0.2) is 59.7 Å². The van der Waals surface area contributed by atoms with E-state index in [1.165, 1.54) is 11.1 Å². The minimum Gasteiger partial charge on any atom is -0.318 e. The van der Waals surface area contributed by atoms with E-state index in [2.05, 4.69) is 65.4 Å². The van der Waals surface area contributed by atoms with Gasteiger partial charge in [0.2, 0.25) is 0 Å². The lowest BCUT2D eigenvalue weighted by Crippen LogP contribution is -2.24. The Bertz CT molecular complexity index is 987. The first-order valence-electron chi connectivity index (χ1n) is 8.87. The first kappa shape index (κ1) is 18.5. The predicted octanol–water partition coefficient (Wildman–Crippen LogP) is 4.87. The Morgan fingerprint density at radius 2 is 1.70 bits per heavy atom. The number of nitrogens with one attached hydrogen (secondary N) is 2. The zero-order chi connectivity index (χ0) is 19.4. The van der Waals surface area contributed by atoms with Crippen molar-refractivity contribution in [1.82, 2.24) is 9.99 Å². The molecule has 2 amide bonds. The highest BCUT2D eigenvalue weighted by atomic mass is 16.2. The van der Waals surface area contributed by atoms with Gasteiger partial charge in [-0.3, -0.25) is 0 Å². The van der Waals surface area contributed by atoms with Crippen molar-refractivity contribution in [2.45, 2.75) is 27.7 Å². The van der Waals surface area contributed by atoms with E-state index < -0.39 is 0 Å². The number of hydrogen-bond donors (Lipinski definition) is 2. The second-order valence-corrected chi connectivity index (χ2v) is 6.62. The van der Waals surface area contributed by atoms with Crippen molar-refractivity contribution in [2.24, 2.45) is 5.10 Å². The van der Waals surface area contributed by atoms with Crippen LogP contribution in [-0.4, -0.2) is 16.8 Å². The van der Waals surface area contributed by atoms with E-state index in [4.69, 9.17) is 0 Å². The van der Waals surface area contributed by atoms with Crippen LogP contribution < -0.4 is 10.7 Å². The summed E-state index contributed by atoms with van der Waals surface area (Å²) in [5, 5.41) is 6.81. The number of amides is 2. The van der Waals surface area contributed by atoms with Crippen LogP contribution >= 0.6 is 0 Å². The number of urea groups is 1. The fourth-order valence-electron chi connectivity index (χ4n) is 3.02. The fraction of sp³-hybridized carbons (Fsp3) is 0.182. The van der Waals surface area contributed by atoms with Crippen molar-refractivity contribution in [2.75, 3.05) is 5.32 Å². The number of anilines is 1. The molecule has 0 radical (unpaired) electrons. The summed E-state index contributed by atoms with van der Waals surface area (Å²) in [5.74, 6) is 0. The van der Waals surface area contributed by atoms with Gasteiger partial charge in [-0.05, 0) is 69.2 Å². The van der Waals surface area contributed by atoms with Gasteiger partial charge < -0.3 is 9.88 Å². The van der Waals surface area contributed by atoms with Crippen molar-refractivity contribution >= 4 is 17.9 Å². The first-order chi connectivity index (χ1) is 13.0. The molecule has 138 valence electrons. The van der Waals surface area contributed by atoms with Gasteiger partial charge in [0, 0.05) is 28.3 Å². The van der Waals surface area contributed by atoms with Gasteiger partial charge >= 0.3 is 6.03 Å². The van der Waals surface area contributed by atoms with Crippen LogP contribution in [0.25, 0.3) is 5.69 Å². The Morgan fingerprint density at radius 1 is 0.963 bits per heavy atom. The van der Waals surface area contributed by atoms with Crippen molar-refractivity contribution < 1.29 is 4.79 Å². The number of para-hydroxylation sites is 1. The number of rotatable bonds is 4. The average molecular weight is 360 g/mol. The standard InChI is InChI=1S/C22H24N4O/c1-15-10-11-21(12-16(15)2)26-17(3)13-19(18(26)4)14-23-25-22(27)24-20-8-6-5-7-9-20/h5-14H,1-4H3,(H2,24,25,27)/b23-14+. The van der Waals surface area contributed by atoms with Crippen molar-refractivity contribution in [3.05, 3.63) is 82.7 Å². The SMILES string of the molecule is Cc1ccc(-n2c(C)cc(/C=N/NC(=O)Nc3ccccc3)c2C)cc1C. The molecule has 0 spiro atoms. The highest BCUT2D eigenvalue weighted by molar-refractivity contribution is 5.90. The summed E-state index contributed by atoms with van der Waals surface area (Å²) in [6.45, 7) is 8.34. The van der Waals surface area contributed by atoms with E-state index in [0.717, 1.165) is 28.3 Å². The van der Waals surface area contributed by atoms with Gasteiger partial charge in [-0.2, -0.15) is 5.10 Å². The Labute approximate surface area is 159 Å². The van der Waals surface area contributed by atoms with Gasteiger partial charge in [-0.15, -0.1) is 0 Å². The summed E-state index contributed by atoms with van der Waals surface area (Å²) < 4.78 is 2.19. The third kappa shape index (κ3) is 4.26. The third-order valence-electron chi connectivity index (χ3n) is 4.62. The summed E-state index contributed by atoms with van der Waals surface area (Å²) in [6.07, 6.45) is 1.67. The number of carbonyl (C=O) groups is 1. The van der Waals surface area contributed by atoms with Gasteiger partial charge in [-0.1, -0.05) is 24.3 Å². The van der Waals surface area contributed by atoms with Crippen molar-refractivity contribution in [3.63, 3.8) is 0 Å². The topological polar surface area (TPSA) is 58.4 Å². The summed E-state index contributed by atoms with van der Waals surface area (Å²) in [7, 11) is 0. The molecule has 0 atom stereocenters. The van der Waals surface area contributed by atoms with E-state index in [-0.39, 0.29) is 6.03 Å². The lowest BCUT2D eigenvalue weighted by Gasteiger charge is -2.11. The van der Waals surface area contributed by atoms with Crippen LogP contribution in [0.1, 0.15) is 28.1 Å². The highest BCUT2D eigenvalue weighted by Gasteiger charge is 2.10. The molecule has 0 saturated heterocycles. The number of aromatic nitrogens is 1. The van der Waals surface area contributed by atoms with Crippen molar-refractivity contribution in [3.8, 4) is 5.69 Å². The number of benzene rings is 2. The molecule has 27 heavy (non-hydrogen) atoms. The van der Waals surface area contributed by atoms with Gasteiger partial charge in [0.15, 0.2) is 0 Å². The Kier molecular flexibility index (Phi) is 5.41. The van der Waals surface area contributed by atoms with Crippen LogP contribution in [0.3, 0.4) is 0 Å². The van der Waals surface area contributed by atoms with Crippen molar-refractivity contribution in [1.29, 1.82) is 0 Å². The van der Waals surface area contributed by atoms with Crippen LogP contribution in [0, 0.1) is 27.7 Å². The molecule has 0 unspecified atom stereocenters. The molecule has 3 rings (SSSR count). The maximum Gasteiger partial charge on any atom is 0.339 e. The van der Waals surface area contributed by atoms with Crippen LogP contribution in [-0.2, 0) is 0 Å². The average Bonchev–Trinajstić information content (AvgIpc) is 2.92. The number of aryl methyl sites for hydroxylation is 3. The smallest absolute Gasteiger partial charge is 0.318 e. The number of nitrogens with zero attached hydrogens (tertiary/aromatic N) is 2. The Morgan fingerprint density at radius 3 is 2.41 bits per heavy atom. The largest absolute Gasteiger partial charge is 0.339 e. The predicted molar refractivity (Wildman–Crippen MR) is 111 cm³/mol. The van der Waals surface area contributed by atoms with E-state index in [9.17, 15) is 4.79 Å². The molecule has 2 N–H and O–H groups in total. The quantitative estimate of drug-likeness (QED) is 0.506. The maximum absolute atomic E-state index is 11.9. The lowest BCUT2D eigenvalue weighted by molar-refractivity contribution is 0.252. The van der Waals surface area contributed by atoms with Crippen LogP contribution in [0.5, 0.6) is 0 Å². The monoisotopic (exact) mass is 360 g/mol. The Balaban J connectivity index is 1.73. The molecule has 0 aliphatic rings. The van der Waals surface area contributed by atoms with E-state index in [0.29, 0.717) is 0 Å². The number of hydrazone groups is 1.